The first-order valence-electron chi connectivity index (χ1n) is 11.1. The van der Waals surface area contributed by atoms with Gasteiger partial charge in [-0.25, -0.2) is 0 Å². The molecule has 3 N–H and O–H groups in total. The van der Waals surface area contributed by atoms with Gasteiger partial charge in [-0.3, -0.25) is 14.4 Å². The summed E-state index contributed by atoms with van der Waals surface area (Å²) in [5, 5.41) is 8.36. The van der Waals surface area contributed by atoms with Crippen LogP contribution in [-0.4, -0.2) is 54.1 Å². The molecule has 0 aliphatic heterocycles. The van der Waals surface area contributed by atoms with Crippen molar-refractivity contribution in [3.05, 3.63) is 0 Å². The quantitative estimate of drug-likeness (QED) is 0.381. The van der Waals surface area contributed by atoms with E-state index in [1.807, 2.05) is 20.1 Å². The predicted octanol–water partition coefficient (Wildman–Crippen LogP) is 2.43. The first-order chi connectivity index (χ1) is 14.3. The van der Waals surface area contributed by atoms with E-state index in [-0.39, 0.29) is 23.6 Å². The van der Waals surface area contributed by atoms with Crippen molar-refractivity contribution >= 4 is 35.8 Å². The van der Waals surface area contributed by atoms with Gasteiger partial charge < -0.3 is 20.7 Å². The number of aldehydes is 1. The maximum atomic E-state index is 13.0. The molecule has 1 rings (SSSR count). The minimum absolute atomic E-state index is 0.180. The van der Waals surface area contributed by atoms with E-state index in [2.05, 4.69) is 16.0 Å². The Balaban J connectivity index is 2.81. The second-order valence-electron chi connectivity index (χ2n) is 8.72. The Hall–Kier alpha value is -1.57. The SMILES string of the molecule is CSCC[C@@H](C=O)NC(=O)[C@H](CC(C)C)NC(=O)[C@H](CC1CCCCC1)NC(C)=O. The van der Waals surface area contributed by atoms with Gasteiger partial charge in [0.05, 0.1) is 6.04 Å². The molecule has 0 unspecified atom stereocenters. The summed E-state index contributed by atoms with van der Waals surface area (Å²) >= 11 is 1.61. The average molecular weight is 442 g/mol. The molecule has 0 bridgehead atoms. The summed E-state index contributed by atoms with van der Waals surface area (Å²) in [6.45, 7) is 5.36. The van der Waals surface area contributed by atoms with Crippen LogP contribution in [0.4, 0.5) is 0 Å². The van der Waals surface area contributed by atoms with Crippen LogP contribution in [0.3, 0.4) is 0 Å². The maximum absolute atomic E-state index is 13.0. The van der Waals surface area contributed by atoms with Gasteiger partial charge in [0.25, 0.3) is 0 Å². The van der Waals surface area contributed by atoms with Gasteiger partial charge in [0.2, 0.25) is 17.7 Å². The molecule has 1 aliphatic rings. The van der Waals surface area contributed by atoms with E-state index in [1.54, 1.807) is 11.8 Å². The van der Waals surface area contributed by atoms with E-state index in [9.17, 15) is 19.2 Å². The third-order valence-corrected chi connectivity index (χ3v) is 6.10. The van der Waals surface area contributed by atoms with Crippen LogP contribution in [-0.2, 0) is 19.2 Å². The smallest absolute Gasteiger partial charge is 0.243 e. The van der Waals surface area contributed by atoms with Crippen LogP contribution in [0, 0.1) is 11.8 Å². The molecule has 3 amide bonds. The van der Waals surface area contributed by atoms with E-state index < -0.39 is 18.1 Å². The zero-order valence-corrected chi connectivity index (χ0v) is 19.7. The van der Waals surface area contributed by atoms with E-state index in [0.717, 1.165) is 37.7 Å². The molecule has 0 aromatic heterocycles. The molecule has 0 saturated heterocycles. The molecular formula is C22H39N3O4S. The van der Waals surface area contributed by atoms with Gasteiger partial charge in [0.15, 0.2) is 0 Å². The molecule has 7 nitrogen and oxygen atoms in total. The van der Waals surface area contributed by atoms with Crippen LogP contribution in [0.1, 0.15) is 72.1 Å². The van der Waals surface area contributed by atoms with Crippen LogP contribution in [0.2, 0.25) is 0 Å². The molecule has 1 saturated carbocycles. The number of carbonyl (C=O) groups excluding carboxylic acids is 4. The van der Waals surface area contributed by atoms with Gasteiger partial charge in [-0.15, -0.1) is 0 Å². The molecule has 172 valence electrons. The third-order valence-electron chi connectivity index (χ3n) is 5.45. The van der Waals surface area contributed by atoms with Crippen molar-refractivity contribution in [3.63, 3.8) is 0 Å². The first kappa shape index (κ1) is 26.5. The highest BCUT2D eigenvalue weighted by Crippen LogP contribution is 2.27. The van der Waals surface area contributed by atoms with Crippen molar-refractivity contribution in [1.82, 2.24) is 16.0 Å². The second-order valence-corrected chi connectivity index (χ2v) is 9.70. The van der Waals surface area contributed by atoms with Crippen molar-refractivity contribution in [2.24, 2.45) is 11.8 Å². The van der Waals surface area contributed by atoms with Gasteiger partial charge in [-0.1, -0.05) is 46.0 Å². The number of nitrogens with one attached hydrogen (secondary N) is 3. The number of amides is 3. The fourth-order valence-corrected chi connectivity index (χ4v) is 4.40. The zero-order chi connectivity index (χ0) is 22.5. The molecule has 0 radical (unpaired) electrons. The topological polar surface area (TPSA) is 104 Å². The maximum Gasteiger partial charge on any atom is 0.243 e. The summed E-state index contributed by atoms with van der Waals surface area (Å²) < 4.78 is 0. The van der Waals surface area contributed by atoms with Crippen LogP contribution in [0.15, 0.2) is 0 Å². The summed E-state index contributed by atoms with van der Waals surface area (Å²) in [4.78, 5) is 48.8. The minimum atomic E-state index is -0.739. The summed E-state index contributed by atoms with van der Waals surface area (Å²) in [6, 6.07) is -1.95. The van der Waals surface area contributed by atoms with Crippen molar-refractivity contribution < 1.29 is 19.2 Å². The third kappa shape index (κ3) is 10.5. The van der Waals surface area contributed by atoms with Crippen molar-refractivity contribution in [2.75, 3.05) is 12.0 Å². The van der Waals surface area contributed by atoms with Gasteiger partial charge in [0.1, 0.15) is 18.4 Å². The molecule has 8 heteroatoms. The highest BCUT2D eigenvalue weighted by atomic mass is 32.2. The summed E-state index contributed by atoms with van der Waals surface area (Å²) in [5.41, 5.74) is 0. The molecule has 0 spiro atoms. The number of thioether (sulfide) groups is 1. The molecule has 0 aromatic carbocycles. The molecule has 0 heterocycles. The van der Waals surface area contributed by atoms with E-state index >= 15 is 0 Å². The van der Waals surface area contributed by atoms with Crippen molar-refractivity contribution in [2.45, 2.75) is 90.3 Å². The Kier molecular flexibility index (Phi) is 12.7. The molecule has 3 atom stereocenters. The standard InChI is InChI=1S/C22H39N3O4S/c1-15(2)12-19(21(28)24-18(14-26)10-11-30-4)25-22(29)20(23-16(3)27)13-17-8-6-5-7-9-17/h14-15,17-20H,5-13H2,1-4H3,(H,23,27)(H,24,28)(H,25,29)/t18-,19-,20-/m0/s1. The highest BCUT2D eigenvalue weighted by molar-refractivity contribution is 7.98. The van der Waals surface area contributed by atoms with Gasteiger partial charge in [-0.05, 0) is 43.1 Å². The number of hydrogen-bond acceptors (Lipinski definition) is 5. The number of hydrogen-bond donors (Lipinski definition) is 3. The van der Waals surface area contributed by atoms with Crippen molar-refractivity contribution in [1.29, 1.82) is 0 Å². The van der Waals surface area contributed by atoms with Crippen LogP contribution in [0.25, 0.3) is 0 Å². The number of rotatable bonds is 13. The summed E-state index contributed by atoms with van der Waals surface area (Å²) in [7, 11) is 0. The molecular weight excluding hydrogens is 402 g/mol. The van der Waals surface area contributed by atoms with E-state index in [0.29, 0.717) is 25.2 Å². The second kappa shape index (κ2) is 14.4. The fourth-order valence-electron chi connectivity index (χ4n) is 3.91. The van der Waals surface area contributed by atoms with E-state index in [1.165, 1.54) is 13.3 Å². The Morgan fingerprint density at radius 3 is 2.17 bits per heavy atom. The van der Waals surface area contributed by atoms with Gasteiger partial charge in [0, 0.05) is 6.92 Å². The lowest BCUT2D eigenvalue weighted by atomic mass is 9.84. The Labute approximate surface area is 185 Å². The molecule has 30 heavy (non-hydrogen) atoms. The molecule has 1 fully saturated rings. The number of carbonyl (C=O) groups is 4. The van der Waals surface area contributed by atoms with Crippen LogP contribution < -0.4 is 16.0 Å². The lowest BCUT2D eigenvalue weighted by Crippen LogP contribution is -2.55. The summed E-state index contributed by atoms with van der Waals surface area (Å²) in [5.74, 6) is 0.410. The minimum Gasteiger partial charge on any atom is -0.345 e. The molecule has 1 aliphatic carbocycles. The average Bonchev–Trinajstić information content (AvgIpc) is 2.70. The monoisotopic (exact) mass is 441 g/mol. The van der Waals surface area contributed by atoms with E-state index in [4.69, 9.17) is 0 Å². The van der Waals surface area contributed by atoms with Gasteiger partial charge >= 0.3 is 0 Å². The predicted molar refractivity (Wildman–Crippen MR) is 121 cm³/mol. The van der Waals surface area contributed by atoms with Crippen LogP contribution in [0.5, 0.6) is 0 Å². The lowest BCUT2D eigenvalue weighted by molar-refractivity contribution is -0.133. The fraction of sp³-hybridized carbons (Fsp3) is 0.818. The lowest BCUT2D eigenvalue weighted by Gasteiger charge is -2.28. The Morgan fingerprint density at radius 2 is 1.63 bits per heavy atom. The Morgan fingerprint density at radius 1 is 1.00 bits per heavy atom. The first-order valence-corrected chi connectivity index (χ1v) is 12.5. The van der Waals surface area contributed by atoms with Gasteiger partial charge in [-0.2, -0.15) is 11.8 Å². The summed E-state index contributed by atoms with van der Waals surface area (Å²) in [6.07, 6.45) is 9.94. The highest BCUT2D eigenvalue weighted by Gasteiger charge is 2.30. The van der Waals surface area contributed by atoms with Crippen molar-refractivity contribution in [3.8, 4) is 0 Å². The van der Waals surface area contributed by atoms with Crippen LogP contribution >= 0.6 is 11.8 Å². The Bertz CT molecular complexity index is 565. The largest absolute Gasteiger partial charge is 0.345 e. The molecule has 0 aromatic rings. The zero-order valence-electron chi connectivity index (χ0n) is 18.9. The normalized spacial score (nSPS) is 17.6.